The number of hydrogen-bond donors (Lipinski definition) is 0. The van der Waals surface area contributed by atoms with Crippen LogP contribution >= 0.6 is 0 Å². The molecule has 0 spiro atoms. The second-order valence-electron chi connectivity index (χ2n) is 4.97. The maximum absolute atomic E-state index is 5.96. The first-order valence-electron chi connectivity index (χ1n) is 7.14. The molecule has 0 saturated heterocycles. The predicted molar refractivity (Wildman–Crippen MR) is 89.5 cm³/mol. The summed E-state index contributed by atoms with van der Waals surface area (Å²) in [7, 11) is 3.28. The third-order valence-electron chi connectivity index (χ3n) is 3.57. The number of allylic oxidation sites excluding steroid dienone is 1. The second-order valence-corrected chi connectivity index (χ2v) is 4.97. The Kier molecular flexibility index (Phi) is 3.88. The lowest BCUT2D eigenvalue weighted by Gasteiger charge is -2.08. The van der Waals surface area contributed by atoms with E-state index in [1.54, 1.807) is 14.2 Å². The van der Waals surface area contributed by atoms with Gasteiger partial charge in [-0.25, -0.2) is 0 Å². The molecule has 3 rings (SSSR count). The van der Waals surface area contributed by atoms with Gasteiger partial charge in [-0.15, -0.1) is 0 Å². The van der Waals surface area contributed by atoms with Gasteiger partial charge in [0.15, 0.2) is 0 Å². The van der Waals surface area contributed by atoms with E-state index in [1.807, 2.05) is 49.4 Å². The number of ether oxygens (including phenoxy) is 2. The van der Waals surface area contributed by atoms with Crippen molar-refractivity contribution in [2.75, 3.05) is 14.2 Å². The van der Waals surface area contributed by atoms with Crippen molar-refractivity contribution in [3.63, 3.8) is 0 Å². The Morgan fingerprint density at radius 3 is 2.55 bits per heavy atom. The molecule has 0 aliphatic rings. The molecule has 3 nitrogen and oxygen atoms in total. The molecule has 1 aromatic heterocycles. The van der Waals surface area contributed by atoms with Gasteiger partial charge in [-0.2, -0.15) is 0 Å². The van der Waals surface area contributed by atoms with Crippen LogP contribution in [-0.4, -0.2) is 14.2 Å². The minimum Gasteiger partial charge on any atom is -0.497 e. The van der Waals surface area contributed by atoms with E-state index in [2.05, 4.69) is 12.1 Å². The predicted octanol–water partition coefficient (Wildman–Crippen LogP) is 5.15. The minimum absolute atomic E-state index is 0.729. The van der Waals surface area contributed by atoms with Crippen LogP contribution in [0.4, 0.5) is 0 Å². The van der Waals surface area contributed by atoms with Crippen molar-refractivity contribution in [3.05, 3.63) is 54.1 Å². The average molecular weight is 294 g/mol. The molecular weight excluding hydrogens is 276 g/mol. The van der Waals surface area contributed by atoms with Crippen molar-refractivity contribution < 1.29 is 13.9 Å². The molecule has 2 aromatic carbocycles. The quantitative estimate of drug-likeness (QED) is 0.667. The highest BCUT2D eigenvalue weighted by Crippen LogP contribution is 2.36. The molecule has 0 bridgehead atoms. The van der Waals surface area contributed by atoms with Gasteiger partial charge in [0, 0.05) is 11.5 Å². The smallest absolute Gasteiger partial charge is 0.139 e. The fraction of sp³-hybridized carbons (Fsp3) is 0.158. The van der Waals surface area contributed by atoms with Crippen molar-refractivity contribution >= 4 is 17.0 Å². The zero-order valence-corrected chi connectivity index (χ0v) is 12.9. The van der Waals surface area contributed by atoms with Crippen molar-refractivity contribution in [1.29, 1.82) is 0 Å². The Morgan fingerprint density at radius 2 is 1.82 bits per heavy atom. The standard InChI is InChI=1S/C19H18O3/c1-4-5-13-6-9-17-14(10-13)11-19(22-17)16-8-7-15(20-2)12-18(16)21-3/h4-12H,1-3H3/b5-4+. The molecule has 0 radical (unpaired) electrons. The van der Waals surface area contributed by atoms with Crippen molar-refractivity contribution in [2.24, 2.45) is 0 Å². The van der Waals surface area contributed by atoms with E-state index in [0.29, 0.717) is 0 Å². The highest BCUT2D eigenvalue weighted by molar-refractivity contribution is 5.86. The average Bonchev–Trinajstić information content (AvgIpc) is 2.97. The summed E-state index contributed by atoms with van der Waals surface area (Å²) in [5, 5.41) is 1.07. The fourth-order valence-electron chi connectivity index (χ4n) is 2.49. The molecule has 0 aliphatic heterocycles. The molecule has 22 heavy (non-hydrogen) atoms. The third-order valence-corrected chi connectivity index (χ3v) is 3.57. The Morgan fingerprint density at radius 1 is 0.955 bits per heavy atom. The molecule has 0 N–H and O–H groups in total. The van der Waals surface area contributed by atoms with Crippen LogP contribution in [-0.2, 0) is 0 Å². The summed E-state index contributed by atoms with van der Waals surface area (Å²) in [5.41, 5.74) is 2.93. The summed E-state index contributed by atoms with van der Waals surface area (Å²) in [6, 6.07) is 13.9. The second kappa shape index (κ2) is 5.98. The summed E-state index contributed by atoms with van der Waals surface area (Å²) >= 11 is 0. The van der Waals surface area contributed by atoms with E-state index in [0.717, 1.165) is 39.4 Å². The van der Waals surface area contributed by atoms with Gasteiger partial charge in [0.05, 0.1) is 19.8 Å². The molecule has 112 valence electrons. The van der Waals surface area contributed by atoms with E-state index in [-0.39, 0.29) is 0 Å². The Hall–Kier alpha value is -2.68. The zero-order valence-electron chi connectivity index (χ0n) is 12.9. The maximum atomic E-state index is 5.96. The molecule has 0 saturated carbocycles. The van der Waals surface area contributed by atoms with E-state index in [4.69, 9.17) is 13.9 Å². The molecule has 3 aromatic rings. The lowest BCUT2D eigenvalue weighted by molar-refractivity contribution is 0.394. The summed E-state index contributed by atoms with van der Waals surface area (Å²) in [4.78, 5) is 0. The van der Waals surface area contributed by atoms with Crippen LogP contribution < -0.4 is 9.47 Å². The molecule has 1 heterocycles. The summed E-state index contributed by atoms with van der Waals surface area (Å²) in [6.45, 7) is 2.01. The van der Waals surface area contributed by atoms with Crippen LogP contribution in [0.1, 0.15) is 12.5 Å². The number of benzene rings is 2. The Labute approximate surface area is 129 Å². The van der Waals surface area contributed by atoms with Gasteiger partial charge in [0.2, 0.25) is 0 Å². The van der Waals surface area contributed by atoms with Crippen molar-refractivity contribution in [2.45, 2.75) is 6.92 Å². The number of furan rings is 1. The van der Waals surface area contributed by atoms with E-state index in [9.17, 15) is 0 Å². The van der Waals surface area contributed by atoms with Gasteiger partial charge >= 0.3 is 0 Å². The zero-order chi connectivity index (χ0) is 15.5. The molecule has 0 amide bonds. The van der Waals surface area contributed by atoms with Crippen LogP contribution in [0, 0.1) is 0 Å². The van der Waals surface area contributed by atoms with Crippen LogP contribution in [0.25, 0.3) is 28.4 Å². The van der Waals surface area contributed by atoms with Crippen molar-refractivity contribution in [3.8, 4) is 22.8 Å². The Bertz CT molecular complexity index is 828. The molecule has 0 fully saturated rings. The van der Waals surface area contributed by atoms with Crippen LogP contribution in [0.15, 0.2) is 53.0 Å². The van der Waals surface area contributed by atoms with Crippen LogP contribution in [0.3, 0.4) is 0 Å². The first-order chi connectivity index (χ1) is 10.7. The molecule has 0 atom stereocenters. The van der Waals surface area contributed by atoms with Gasteiger partial charge in [0.25, 0.3) is 0 Å². The van der Waals surface area contributed by atoms with Gasteiger partial charge in [-0.3, -0.25) is 0 Å². The monoisotopic (exact) mass is 294 g/mol. The molecule has 3 heteroatoms. The fourth-order valence-corrected chi connectivity index (χ4v) is 2.49. The van der Waals surface area contributed by atoms with E-state index in [1.165, 1.54) is 0 Å². The van der Waals surface area contributed by atoms with Crippen LogP contribution in [0.2, 0.25) is 0 Å². The highest BCUT2D eigenvalue weighted by atomic mass is 16.5. The first-order valence-corrected chi connectivity index (χ1v) is 7.14. The largest absolute Gasteiger partial charge is 0.497 e. The van der Waals surface area contributed by atoms with Gasteiger partial charge in [0.1, 0.15) is 22.8 Å². The van der Waals surface area contributed by atoms with Gasteiger partial charge in [-0.05, 0) is 42.8 Å². The topological polar surface area (TPSA) is 31.6 Å². The molecule has 0 aliphatic carbocycles. The number of methoxy groups -OCH3 is 2. The number of rotatable bonds is 4. The molecular formula is C19H18O3. The minimum atomic E-state index is 0.729. The third kappa shape index (κ3) is 2.58. The first kappa shape index (κ1) is 14.3. The Balaban J connectivity index is 2.10. The van der Waals surface area contributed by atoms with E-state index < -0.39 is 0 Å². The number of fused-ring (bicyclic) bond motifs is 1. The van der Waals surface area contributed by atoms with Gasteiger partial charge < -0.3 is 13.9 Å². The van der Waals surface area contributed by atoms with Crippen molar-refractivity contribution in [1.82, 2.24) is 0 Å². The highest BCUT2D eigenvalue weighted by Gasteiger charge is 2.12. The lowest BCUT2D eigenvalue weighted by Crippen LogP contribution is -1.89. The maximum Gasteiger partial charge on any atom is 0.139 e. The summed E-state index contributed by atoms with van der Waals surface area (Å²) in [6.07, 6.45) is 4.09. The van der Waals surface area contributed by atoms with Crippen LogP contribution in [0.5, 0.6) is 11.5 Å². The summed E-state index contributed by atoms with van der Waals surface area (Å²) < 4.78 is 16.6. The lowest BCUT2D eigenvalue weighted by atomic mass is 10.1. The molecule has 0 unspecified atom stereocenters. The number of hydrogen-bond acceptors (Lipinski definition) is 3. The van der Waals surface area contributed by atoms with E-state index >= 15 is 0 Å². The normalized spacial score (nSPS) is 11.2. The summed E-state index contributed by atoms with van der Waals surface area (Å²) in [5.74, 6) is 2.27. The SMILES string of the molecule is C/C=C/c1ccc2oc(-c3ccc(OC)cc3OC)cc2c1. The van der Waals surface area contributed by atoms with Gasteiger partial charge in [-0.1, -0.05) is 18.2 Å².